The topological polar surface area (TPSA) is 60.2 Å². The van der Waals surface area contributed by atoms with Gasteiger partial charge in [0.2, 0.25) is 0 Å². The standard InChI is InChI=1S/C13H17N3O2/c1-10-5-6-13(18-2)12(8-10)16-9-11(14-15-16)4-3-7-17/h5-6,8-9,17H,3-4,7H2,1-2H3. The summed E-state index contributed by atoms with van der Waals surface area (Å²) in [5.41, 5.74) is 2.88. The van der Waals surface area contributed by atoms with Gasteiger partial charge >= 0.3 is 0 Å². The van der Waals surface area contributed by atoms with Gasteiger partial charge < -0.3 is 9.84 Å². The first-order valence-corrected chi connectivity index (χ1v) is 5.91. The lowest BCUT2D eigenvalue weighted by molar-refractivity contribution is 0.288. The van der Waals surface area contributed by atoms with Crippen LogP contribution in [0.5, 0.6) is 5.75 Å². The van der Waals surface area contributed by atoms with Crippen LogP contribution in [0, 0.1) is 6.92 Å². The Balaban J connectivity index is 2.30. The van der Waals surface area contributed by atoms with Gasteiger partial charge in [-0.05, 0) is 37.5 Å². The Morgan fingerprint density at radius 1 is 1.39 bits per heavy atom. The molecule has 96 valence electrons. The van der Waals surface area contributed by atoms with Crippen molar-refractivity contribution < 1.29 is 9.84 Å². The van der Waals surface area contributed by atoms with Crippen LogP contribution in [0.25, 0.3) is 5.69 Å². The monoisotopic (exact) mass is 247 g/mol. The van der Waals surface area contributed by atoms with Crippen LogP contribution in [0.4, 0.5) is 0 Å². The molecule has 1 aromatic heterocycles. The molecule has 0 aliphatic rings. The second kappa shape index (κ2) is 5.64. The molecule has 0 atom stereocenters. The summed E-state index contributed by atoms with van der Waals surface area (Å²) >= 11 is 0. The smallest absolute Gasteiger partial charge is 0.144 e. The number of hydrogen-bond acceptors (Lipinski definition) is 4. The van der Waals surface area contributed by atoms with E-state index in [1.807, 2.05) is 31.3 Å². The maximum absolute atomic E-state index is 8.79. The Labute approximate surface area is 106 Å². The van der Waals surface area contributed by atoms with E-state index in [1.165, 1.54) is 0 Å². The summed E-state index contributed by atoms with van der Waals surface area (Å²) < 4.78 is 7.02. The number of hydrogen-bond donors (Lipinski definition) is 1. The van der Waals surface area contributed by atoms with Crippen molar-refractivity contribution in [1.82, 2.24) is 15.0 Å². The van der Waals surface area contributed by atoms with Gasteiger partial charge in [-0.1, -0.05) is 11.3 Å². The van der Waals surface area contributed by atoms with E-state index in [1.54, 1.807) is 11.8 Å². The molecule has 0 spiro atoms. The SMILES string of the molecule is COc1ccc(C)cc1-n1cc(CCCO)nn1. The van der Waals surface area contributed by atoms with E-state index in [2.05, 4.69) is 10.3 Å². The Morgan fingerprint density at radius 2 is 2.22 bits per heavy atom. The number of aliphatic hydroxyl groups is 1. The molecule has 2 aromatic rings. The van der Waals surface area contributed by atoms with E-state index >= 15 is 0 Å². The number of aryl methyl sites for hydroxylation is 2. The molecule has 0 fully saturated rings. The van der Waals surface area contributed by atoms with Crippen molar-refractivity contribution in [2.24, 2.45) is 0 Å². The van der Waals surface area contributed by atoms with Crippen LogP contribution in [-0.2, 0) is 6.42 Å². The highest BCUT2D eigenvalue weighted by atomic mass is 16.5. The number of ether oxygens (including phenoxy) is 1. The normalized spacial score (nSPS) is 10.6. The summed E-state index contributed by atoms with van der Waals surface area (Å²) in [4.78, 5) is 0. The van der Waals surface area contributed by atoms with Crippen molar-refractivity contribution in [1.29, 1.82) is 0 Å². The zero-order valence-corrected chi connectivity index (χ0v) is 10.6. The molecule has 5 heteroatoms. The Kier molecular flexibility index (Phi) is 3.94. The second-order valence-corrected chi connectivity index (χ2v) is 4.16. The molecule has 0 radical (unpaired) electrons. The van der Waals surface area contributed by atoms with Crippen LogP contribution in [-0.4, -0.2) is 33.8 Å². The Bertz CT molecular complexity index is 523. The lowest BCUT2D eigenvalue weighted by Crippen LogP contribution is -1.99. The highest BCUT2D eigenvalue weighted by Gasteiger charge is 2.08. The van der Waals surface area contributed by atoms with Crippen LogP contribution in [0.2, 0.25) is 0 Å². The molecule has 1 aromatic carbocycles. The summed E-state index contributed by atoms with van der Waals surface area (Å²) in [5, 5.41) is 17.0. The minimum absolute atomic E-state index is 0.167. The molecule has 0 unspecified atom stereocenters. The van der Waals surface area contributed by atoms with Crippen molar-refractivity contribution >= 4 is 0 Å². The minimum Gasteiger partial charge on any atom is -0.494 e. The number of methoxy groups -OCH3 is 1. The number of aromatic nitrogens is 3. The van der Waals surface area contributed by atoms with E-state index in [0.29, 0.717) is 6.42 Å². The number of rotatable bonds is 5. The maximum atomic E-state index is 8.79. The molecule has 0 aliphatic carbocycles. The lowest BCUT2D eigenvalue weighted by Gasteiger charge is -2.08. The highest BCUT2D eigenvalue weighted by molar-refractivity contribution is 5.48. The lowest BCUT2D eigenvalue weighted by atomic mass is 10.2. The van der Waals surface area contributed by atoms with E-state index in [9.17, 15) is 0 Å². The van der Waals surface area contributed by atoms with Crippen molar-refractivity contribution in [3.05, 3.63) is 35.7 Å². The molecule has 0 amide bonds. The van der Waals surface area contributed by atoms with Gasteiger partial charge in [0.05, 0.1) is 19.0 Å². The number of benzene rings is 1. The number of nitrogens with zero attached hydrogens (tertiary/aromatic N) is 3. The summed E-state index contributed by atoms with van der Waals surface area (Å²) in [7, 11) is 1.64. The average Bonchev–Trinajstić information content (AvgIpc) is 2.85. The van der Waals surface area contributed by atoms with E-state index in [4.69, 9.17) is 9.84 Å². The summed E-state index contributed by atoms with van der Waals surface area (Å²) in [6, 6.07) is 5.91. The first-order chi connectivity index (χ1) is 8.74. The molecule has 1 N–H and O–H groups in total. The highest BCUT2D eigenvalue weighted by Crippen LogP contribution is 2.23. The second-order valence-electron chi connectivity index (χ2n) is 4.16. The average molecular weight is 247 g/mol. The zero-order chi connectivity index (χ0) is 13.0. The summed E-state index contributed by atoms with van der Waals surface area (Å²) in [6.45, 7) is 2.19. The molecule has 0 aliphatic heterocycles. The molecule has 0 saturated carbocycles. The van der Waals surface area contributed by atoms with Gasteiger partial charge in [-0.25, -0.2) is 4.68 Å². The van der Waals surface area contributed by atoms with Crippen molar-refractivity contribution in [3.63, 3.8) is 0 Å². The van der Waals surface area contributed by atoms with Gasteiger partial charge in [-0.2, -0.15) is 0 Å². The number of aliphatic hydroxyl groups excluding tert-OH is 1. The summed E-state index contributed by atoms with van der Waals surface area (Å²) in [5.74, 6) is 0.763. The van der Waals surface area contributed by atoms with Gasteiger partial charge in [0.25, 0.3) is 0 Å². The third-order valence-corrected chi connectivity index (χ3v) is 2.71. The van der Waals surface area contributed by atoms with Crippen LogP contribution in [0.3, 0.4) is 0 Å². The predicted molar refractivity (Wildman–Crippen MR) is 68.1 cm³/mol. The van der Waals surface area contributed by atoms with Crippen molar-refractivity contribution in [2.45, 2.75) is 19.8 Å². The zero-order valence-electron chi connectivity index (χ0n) is 10.6. The van der Waals surface area contributed by atoms with Gasteiger partial charge in [-0.3, -0.25) is 0 Å². The summed E-state index contributed by atoms with van der Waals surface area (Å²) in [6.07, 6.45) is 3.29. The molecule has 0 bridgehead atoms. The fourth-order valence-electron chi connectivity index (χ4n) is 1.77. The first kappa shape index (κ1) is 12.6. The quantitative estimate of drug-likeness (QED) is 0.870. The van der Waals surface area contributed by atoms with Crippen LogP contribution < -0.4 is 4.74 Å². The predicted octanol–water partition coefficient (Wildman–Crippen LogP) is 1.51. The largest absolute Gasteiger partial charge is 0.494 e. The van der Waals surface area contributed by atoms with Crippen LogP contribution in [0.1, 0.15) is 17.7 Å². The maximum Gasteiger partial charge on any atom is 0.144 e. The molecule has 2 rings (SSSR count). The molecular weight excluding hydrogens is 230 g/mol. The Morgan fingerprint density at radius 3 is 2.94 bits per heavy atom. The molecule has 18 heavy (non-hydrogen) atoms. The van der Waals surface area contributed by atoms with E-state index in [0.717, 1.165) is 29.1 Å². The van der Waals surface area contributed by atoms with Crippen molar-refractivity contribution in [3.8, 4) is 11.4 Å². The van der Waals surface area contributed by atoms with Crippen molar-refractivity contribution in [2.75, 3.05) is 13.7 Å². The van der Waals surface area contributed by atoms with Gasteiger partial charge in [-0.15, -0.1) is 5.10 Å². The van der Waals surface area contributed by atoms with E-state index < -0.39 is 0 Å². The fraction of sp³-hybridized carbons (Fsp3) is 0.385. The van der Waals surface area contributed by atoms with Gasteiger partial charge in [0.1, 0.15) is 11.4 Å². The third kappa shape index (κ3) is 2.68. The molecule has 5 nitrogen and oxygen atoms in total. The minimum atomic E-state index is 0.167. The van der Waals surface area contributed by atoms with E-state index in [-0.39, 0.29) is 6.61 Å². The Hall–Kier alpha value is -1.88. The van der Waals surface area contributed by atoms with Crippen LogP contribution >= 0.6 is 0 Å². The molecule has 0 saturated heterocycles. The third-order valence-electron chi connectivity index (χ3n) is 2.71. The van der Waals surface area contributed by atoms with Crippen LogP contribution in [0.15, 0.2) is 24.4 Å². The first-order valence-electron chi connectivity index (χ1n) is 5.91. The van der Waals surface area contributed by atoms with Gasteiger partial charge in [0.15, 0.2) is 0 Å². The van der Waals surface area contributed by atoms with Gasteiger partial charge in [0, 0.05) is 6.61 Å². The molecule has 1 heterocycles. The molecular formula is C13H17N3O2. The fourth-order valence-corrected chi connectivity index (χ4v) is 1.77.